The molecule has 1 heterocycles. The van der Waals surface area contributed by atoms with Gasteiger partial charge in [0.25, 0.3) is 0 Å². The van der Waals surface area contributed by atoms with Crippen molar-refractivity contribution in [2.75, 3.05) is 6.54 Å². The van der Waals surface area contributed by atoms with E-state index in [1.807, 2.05) is 12.1 Å². The van der Waals surface area contributed by atoms with Gasteiger partial charge in [0, 0.05) is 26.7 Å². The molecule has 1 radical (unpaired) electrons. The van der Waals surface area contributed by atoms with Crippen LogP contribution < -0.4 is 0 Å². The molecule has 0 saturated heterocycles. The zero-order valence-corrected chi connectivity index (χ0v) is 13.1. The minimum Gasteiger partial charge on any atom is -0.337 e. The van der Waals surface area contributed by atoms with Gasteiger partial charge >= 0.3 is 0 Å². The summed E-state index contributed by atoms with van der Waals surface area (Å²) >= 11 is 0. The molecule has 2 heteroatoms. The standard InChI is InChI=1S/C17H16N.Ir/c1-2-8-16(9-3-1)17-11-10-14-6-4-5-7-15(14)12-13-18-17;/h1-8H,10-13H2;/q-1;. The van der Waals surface area contributed by atoms with Crippen molar-refractivity contribution in [3.63, 3.8) is 0 Å². The van der Waals surface area contributed by atoms with Crippen LogP contribution in [0.5, 0.6) is 0 Å². The maximum absolute atomic E-state index is 4.74. The zero-order valence-electron chi connectivity index (χ0n) is 10.7. The topological polar surface area (TPSA) is 12.4 Å². The van der Waals surface area contributed by atoms with Crippen LogP contribution in [0.25, 0.3) is 0 Å². The number of benzene rings is 2. The molecule has 0 aromatic heterocycles. The molecule has 0 fully saturated rings. The van der Waals surface area contributed by atoms with Crippen molar-refractivity contribution in [2.45, 2.75) is 19.3 Å². The second-order valence-electron chi connectivity index (χ2n) is 4.62. The van der Waals surface area contributed by atoms with Gasteiger partial charge in [0.1, 0.15) is 0 Å². The normalized spacial score (nSPS) is 14.4. The Hall–Kier alpha value is -1.24. The largest absolute Gasteiger partial charge is 0.337 e. The van der Waals surface area contributed by atoms with Crippen molar-refractivity contribution in [2.24, 2.45) is 4.99 Å². The molecule has 0 amide bonds. The number of hydrogen-bond donors (Lipinski definition) is 0. The Morgan fingerprint density at radius 3 is 2.32 bits per heavy atom. The van der Waals surface area contributed by atoms with E-state index in [9.17, 15) is 0 Å². The average molecular weight is 427 g/mol. The van der Waals surface area contributed by atoms with Gasteiger partial charge < -0.3 is 4.99 Å². The number of fused-ring (bicyclic) bond motifs is 1. The van der Waals surface area contributed by atoms with Crippen LogP contribution in [0.4, 0.5) is 0 Å². The first-order chi connectivity index (χ1) is 8.93. The summed E-state index contributed by atoms with van der Waals surface area (Å²) in [5.74, 6) is 0. The van der Waals surface area contributed by atoms with Gasteiger partial charge in [-0.1, -0.05) is 24.3 Å². The van der Waals surface area contributed by atoms with Crippen molar-refractivity contribution in [3.8, 4) is 0 Å². The Balaban J connectivity index is 0.00000133. The summed E-state index contributed by atoms with van der Waals surface area (Å²) in [6.45, 7) is 0.884. The first-order valence-corrected chi connectivity index (χ1v) is 6.51. The van der Waals surface area contributed by atoms with Crippen LogP contribution in [0.3, 0.4) is 0 Å². The molecule has 1 nitrogen and oxygen atoms in total. The molecular formula is C17H16IrN-. The number of nitrogens with zero attached hydrogens (tertiary/aromatic N) is 1. The van der Waals surface area contributed by atoms with Gasteiger partial charge in [0.05, 0.1) is 0 Å². The van der Waals surface area contributed by atoms with Crippen molar-refractivity contribution < 1.29 is 20.1 Å². The molecule has 3 rings (SSSR count). The van der Waals surface area contributed by atoms with Gasteiger partial charge in [-0.25, -0.2) is 0 Å². The molecule has 1 aliphatic heterocycles. The maximum Gasteiger partial charge on any atom is 0.0326 e. The third-order valence-electron chi connectivity index (χ3n) is 3.45. The zero-order chi connectivity index (χ0) is 12.2. The fraction of sp³-hybridized carbons (Fsp3) is 0.235. The fourth-order valence-corrected chi connectivity index (χ4v) is 2.48. The first kappa shape index (κ1) is 14.2. The molecule has 2 aromatic carbocycles. The molecule has 2 aromatic rings. The van der Waals surface area contributed by atoms with E-state index < -0.39 is 0 Å². The minimum absolute atomic E-state index is 0. The quantitative estimate of drug-likeness (QED) is 0.620. The monoisotopic (exact) mass is 427 g/mol. The SMILES string of the molecule is [Ir].[c-]1ccccc1C1=NCCc2ccccc2CC1. The average Bonchev–Trinajstić information content (AvgIpc) is 2.41. The summed E-state index contributed by atoms with van der Waals surface area (Å²) in [4.78, 5) is 4.74. The van der Waals surface area contributed by atoms with Crippen LogP contribution in [-0.2, 0) is 32.9 Å². The van der Waals surface area contributed by atoms with Crippen LogP contribution in [0.15, 0.2) is 53.5 Å². The summed E-state index contributed by atoms with van der Waals surface area (Å²) in [6, 6.07) is 20.1. The van der Waals surface area contributed by atoms with E-state index in [-0.39, 0.29) is 20.1 Å². The van der Waals surface area contributed by atoms with Gasteiger partial charge in [-0.3, -0.25) is 0 Å². The molecule has 0 saturated carbocycles. The van der Waals surface area contributed by atoms with E-state index in [2.05, 4.69) is 42.5 Å². The van der Waals surface area contributed by atoms with E-state index in [4.69, 9.17) is 4.99 Å². The van der Waals surface area contributed by atoms with Crippen molar-refractivity contribution in [3.05, 3.63) is 71.3 Å². The maximum atomic E-state index is 4.74. The van der Waals surface area contributed by atoms with E-state index in [1.54, 1.807) is 0 Å². The molecule has 0 unspecified atom stereocenters. The molecule has 99 valence electrons. The smallest absolute Gasteiger partial charge is 0.0326 e. The van der Waals surface area contributed by atoms with E-state index in [0.29, 0.717) is 0 Å². The van der Waals surface area contributed by atoms with E-state index in [1.165, 1.54) is 16.8 Å². The predicted octanol–water partition coefficient (Wildman–Crippen LogP) is 3.46. The predicted molar refractivity (Wildman–Crippen MR) is 75.1 cm³/mol. The van der Waals surface area contributed by atoms with Crippen LogP contribution >= 0.6 is 0 Å². The molecule has 0 aliphatic carbocycles. The van der Waals surface area contributed by atoms with Crippen LogP contribution in [0.2, 0.25) is 0 Å². The first-order valence-electron chi connectivity index (χ1n) is 6.51. The Bertz CT molecular complexity index is 560. The minimum atomic E-state index is 0. The Morgan fingerprint density at radius 2 is 1.58 bits per heavy atom. The Morgan fingerprint density at radius 1 is 0.842 bits per heavy atom. The summed E-state index contributed by atoms with van der Waals surface area (Å²) in [5.41, 5.74) is 5.28. The molecule has 0 spiro atoms. The van der Waals surface area contributed by atoms with Gasteiger partial charge in [-0.05, 0) is 36.1 Å². The van der Waals surface area contributed by atoms with Crippen LogP contribution in [-0.4, -0.2) is 12.3 Å². The van der Waals surface area contributed by atoms with E-state index >= 15 is 0 Å². The van der Waals surface area contributed by atoms with Crippen LogP contribution in [0, 0.1) is 6.07 Å². The molecule has 0 bridgehead atoms. The number of rotatable bonds is 1. The van der Waals surface area contributed by atoms with Crippen molar-refractivity contribution in [1.82, 2.24) is 0 Å². The molecule has 1 aliphatic rings. The van der Waals surface area contributed by atoms with Gasteiger partial charge in [0.15, 0.2) is 0 Å². The molecule has 19 heavy (non-hydrogen) atoms. The number of aryl methyl sites for hydroxylation is 1. The Labute approximate surface area is 128 Å². The summed E-state index contributed by atoms with van der Waals surface area (Å²) in [6.07, 6.45) is 3.14. The third-order valence-corrected chi connectivity index (χ3v) is 3.45. The Kier molecular flexibility index (Phi) is 5.07. The second kappa shape index (κ2) is 6.79. The van der Waals surface area contributed by atoms with Crippen molar-refractivity contribution in [1.29, 1.82) is 0 Å². The van der Waals surface area contributed by atoms with Crippen LogP contribution in [0.1, 0.15) is 23.1 Å². The molecule has 0 atom stereocenters. The molecule has 0 N–H and O–H groups in total. The van der Waals surface area contributed by atoms with E-state index in [0.717, 1.165) is 31.4 Å². The molecular weight excluding hydrogens is 410 g/mol. The number of aliphatic imine (C=N–C) groups is 1. The second-order valence-corrected chi connectivity index (χ2v) is 4.62. The summed E-state index contributed by atoms with van der Waals surface area (Å²) in [5, 5.41) is 0. The van der Waals surface area contributed by atoms with Gasteiger partial charge in [-0.15, -0.1) is 35.9 Å². The third kappa shape index (κ3) is 3.40. The summed E-state index contributed by atoms with van der Waals surface area (Å²) < 4.78 is 0. The summed E-state index contributed by atoms with van der Waals surface area (Å²) in [7, 11) is 0. The number of hydrogen-bond acceptors (Lipinski definition) is 1. The van der Waals surface area contributed by atoms with Gasteiger partial charge in [0.2, 0.25) is 0 Å². The van der Waals surface area contributed by atoms with Crippen molar-refractivity contribution >= 4 is 5.71 Å². The fourth-order valence-electron chi connectivity index (χ4n) is 2.48. The van der Waals surface area contributed by atoms with Gasteiger partial charge in [-0.2, -0.15) is 0 Å².